The Kier molecular flexibility index (Phi) is 10.4. The molecule has 2 saturated carbocycles. The summed E-state index contributed by atoms with van der Waals surface area (Å²) in [5, 5.41) is 21.6. The zero-order chi connectivity index (χ0) is 31.1. The number of nitrogens with two attached hydrogens (primary N) is 1. The molecule has 2 aromatic carbocycles. The maximum Gasteiger partial charge on any atom is 0.225 e. The predicted octanol–water partition coefficient (Wildman–Crippen LogP) is 6.29. The molecule has 0 aliphatic heterocycles. The van der Waals surface area contributed by atoms with Crippen LogP contribution in [0.5, 0.6) is 0 Å². The van der Waals surface area contributed by atoms with E-state index in [9.17, 15) is 14.7 Å². The maximum atomic E-state index is 13.1. The summed E-state index contributed by atoms with van der Waals surface area (Å²) >= 11 is 0. The van der Waals surface area contributed by atoms with Gasteiger partial charge in [0, 0.05) is 48.2 Å². The van der Waals surface area contributed by atoms with Gasteiger partial charge in [0.25, 0.3) is 0 Å². The molecule has 8 heteroatoms. The smallest absolute Gasteiger partial charge is 0.225 e. The second-order valence-electron chi connectivity index (χ2n) is 12.6. The van der Waals surface area contributed by atoms with E-state index in [-0.39, 0.29) is 18.4 Å². The van der Waals surface area contributed by atoms with Crippen molar-refractivity contribution in [2.45, 2.75) is 89.6 Å². The molecule has 4 N–H and O–H groups in total. The van der Waals surface area contributed by atoms with Crippen LogP contribution in [-0.4, -0.2) is 51.2 Å². The third kappa shape index (κ3) is 7.53. The first-order valence-electron chi connectivity index (χ1n) is 16.4. The number of carbonyl (C=O) groups excluding carboxylic acids is 2. The number of aliphatic hydroxyl groups is 1. The van der Waals surface area contributed by atoms with Crippen LogP contribution in [0.1, 0.15) is 83.6 Å². The number of nitrogens with one attached hydrogen (secondary N) is 1. The van der Waals surface area contributed by atoms with Gasteiger partial charge in [-0.05, 0) is 81.4 Å². The quantitative estimate of drug-likeness (QED) is 0.213. The van der Waals surface area contributed by atoms with E-state index in [2.05, 4.69) is 34.3 Å². The minimum atomic E-state index is -0.577. The fourth-order valence-electron chi connectivity index (χ4n) is 6.80. The van der Waals surface area contributed by atoms with Gasteiger partial charge in [-0.3, -0.25) is 9.59 Å². The van der Waals surface area contributed by atoms with Crippen LogP contribution in [0.3, 0.4) is 0 Å². The minimum absolute atomic E-state index is 0.0369. The Hall–Kier alpha value is -3.62. The third-order valence-corrected chi connectivity index (χ3v) is 9.41. The second kappa shape index (κ2) is 14.4. The molecule has 0 spiro atoms. The molecule has 0 radical (unpaired) electrons. The van der Waals surface area contributed by atoms with Gasteiger partial charge in [-0.1, -0.05) is 67.9 Å². The van der Waals surface area contributed by atoms with Crippen LogP contribution in [0.15, 0.2) is 60.7 Å². The van der Waals surface area contributed by atoms with Gasteiger partial charge in [0.15, 0.2) is 5.82 Å². The molecule has 2 aliphatic rings. The van der Waals surface area contributed by atoms with Gasteiger partial charge in [-0.15, -0.1) is 10.2 Å². The molecule has 5 rings (SSSR count). The van der Waals surface area contributed by atoms with Crippen molar-refractivity contribution in [3.63, 3.8) is 0 Å². The fraction of sp³-hybridized carbons (Fsp3) is 0.500. The molecule has 0 bridgehead atoms. The Bertz CT molecular complexity index is 1390. The summed E-state index contributed by atoms with van der Waals surface area (Å²) in [5.74, 6) is 1.25. The number of amides is 2. The van der Waals surface area contributed by atoms with Crippen LogP contribution in [-0.2, 0) is 15.1 Å². The second-order valence-corrected chi connectivity index (χ2v) is 12.6. The average molecular weight is 598 g/mol. The van der Waals surface area contributed by atoms with Gasteiger partial charge in [-0.25, -0.2) is 0 Å². The summed E-state index contributed by atoms with van der Waals surface area (Å²) in [4.78, 5) is 27.9. The molecule has 1 heterocycles. The molecule has 3 aromatic rings. The largest absolute Gasteiger partial charge is 0.396 e. The zero-order valence-corrected chi connectivity index (χ0v) is 26.2. The highest BCUT2D eigenvalue weighted by Crippen LogP contribution is 2.36. The Labute approximate surface area is 261 Å². The molecule has 1 unspecified atom stereocenters. The average Bonchev–Trinajstić information content (AvgIpc) is 3.89. The predicted molar refractivity (Wildman–Crippen MR) is 174 cm³/mol. The number of rotatable bonds is 13. The number of anilines is 1. The van der Waals surface area contributed by atoms with Gasteiger partial charge in [-0.2, -0.15) is 0 Å². The van der Waals surface area contributed by atoms with Gasteiger partial charge < -0.3 is 21.1 Å². The lowest BCUT2D eigenvalue weighted by molar-refractivity contribution is -0.135. The molecule has 0 saturated heterocycles. The van der Waals surface area contributed by atoms with E-state index in [4.69, 9.17) is 5.73 Å². The lowest BCUT2D eigenvalue weighted by Crippen LogP contribution is -2.43. The van der Waals surface area contributed by atoms with E-state index in [1.165, 1.54) is 0 Å². The first kappa shape index (κ1) is 31.8. The Morgan fingerprint density at radius 2 is 1.64 bits per heavy atom. The van der Waals surface area contributed by atoms with E-state index in [1.807, 2.05) is 60.7 Å². The van der Waals surface area contributed by atoms with Gasteiger partial charge in [0.1, 0.15) is 5.69 Å². The summed E-state index contributed by atoms with van der Waals surface area (Å²) in [6, 6.07) is 20.2. The first-order valence-corrected chi connectivity index (χ1v) is 16.4. The minimum Gasteiger partial charge on any atom is -0.396 e. The standard InChI is InChI=1S/C36H47N5O3/c1-3-20-36(37,21-22-42)29-16-14-27(15-17-29)34-31(26-8-6-5-7-9-26)24-32(39-40-34)38-33(43)23-25-10-18-30(19-11-25)41(4-2)35(44)28-12-13-28/h5-9,14-17,24-25,28,30,42H,3-4,10-13,18-23,37H2,1-2H3,(H,38,39,43). The van der Waals surface area contributed by atoms with Crippen LogP contribution >= 0.6 is 0 Å². The van der Waals surface area contributed by atoms with Crippen molar-refractivity contribution in [1.29, 1.82) is 0 Å². The SMILES string of the molecule is CCCC(N)(CCO)c1ccc(-c2nnc(NC(=O)CC3CCC(N(CC)C(=O)C4CC4)CC3)cc2-c2ccccc2)cc1. The number of aliphatic hydroxyl groups excluding tert-OH is 1. The number of aromatic nitrogens is 2. The summed E-state index contributed by atoms with van der Waals surface area (Å²) in [6.45, 7) is 4.97. The Balaban J connectivity index is 1.27. The molecule has 2 fully saturated rings. The van der Waals surface area contributed by atoms with Crippen molar-refractivity contribution >= 4 is 17.6 Å². The highest BCUT2D eigenvalue weighted by molar-refractivity contribution is 5.91. The van der Waals surface area contributed by atoms with E-state index in [1.54, 1.807) is 0 Å². The molecule has 234 valence electrons. The van der Waals surface area contributed by atoms with E-state index in [0.29, 0.717) is 36.5 Å². The normalized spacial score (nSPS) is 19.6. The number of nitrogens with zero attached hydrogens (tertiary/aromatic N) is 3. The summed E-state index contributed by atoms with van der Waals surface area (Å²) in [7, 11) is 0. The lowest BCUT2D eigenvalue weighted by Gasteiger charge is -2.36. The molecule has 1 atom stereocenters. The Morgan fingerprint density at radius 1 is 0.932 bits per heavy atom. The van der Waals surface area contributed by atoms with Crippen LogP contribution in [0.2, 0.25) is 0 Å². The van der Waals surface area contributed by atoms with Crippen molar-refractivity contribution in [2.75, 3.05) is 18.5 Å². The molecule has 2 amide bonds. The van der Waals surface area contributed by atoms with E-state index < -0.39 is 5.54 Å². The molecule has 2 aliphatic carbocycles. The molecule has 1 aromatic heterocycles. The number of hydrogen-bond donors (Lipinski definition) is 3. The summed E-state index contributed by atoms with van der Waals surface area (Å²) < 4.78 is 0. The van der Waals surface area contributed by atoms with Crippen LogP contribution in [0.25, 0.3) is 22.4 Å². The zero-order valence-electron chi connectivity index (χ0n) is 26.2. The third-order valence-electron chi connectivity index (χ3n) is 9.41. The first-order chi connectivity index (χ1) is 21.3. The van der Waals surface area contributed by atoms with Crippen molar-refractivity contribution < 1.29 is 14.7 Å². The highest BCUT2D eigenvalue weighted by Gasteiger charge is 2.37. The molecular formula is C36H47N5O3. The van der Waals surface area contributed by atoms with Gasteiger partial charge >= 0.3 is 0 Å². The van der Waals surface area contributed by atoms with Crippen LogP contribution in [0, 0.1) is 11.8 Å². The number of hydrogen-bond acceptors (Lipinski definition) is 6. The van der Waals surface area contributed by atoms with E-state index in [0.717, 1.165) is 85.9 Å². The molecule has 44 heavy (non-hydrogen) atoms. The highest BCUT2D eigenvalue weighted by atomic mass is 16.3. The molecule has 8 nitrogen and oxygen atoms in total. The van der Waals surface area contributed by atoms with Gasteiger partial charge in [0.05, 0.1) is 0 Å². The monoisotopic (exact) mass is 597 g/mol. The van der Waals surface area contributed by atoms with Crippen molar-refractivity contribution in [3.8, 4) is 22.4 Å². The summed E-state index contributed by atoms with van der Waals surface area (Å²) in [5.41, 5.74) is 10.6. The van der Waals surface area contributed by atoms with Crippen LogP contribution < -0.4 is 11.1 Å². The summed E-state index contributed by atoms with van der Waals surface area (Å²) in [6.07, 6.45) is 8.53. The molecular weight excluding hydrogens is 550 g/mol. The number of carbonyl (C=O) groups is 2. The topological polar surface area (TPSA) is 121 Å². The van der Waals surface area contributed by atoms with Crippen molar-refractivity contribution in [1.82, 2.24) is 15.1 Å². The van der Waals surface area contributed by atoms with Crippen molar-refractivity contribution in [3.05, 3.63) is 66.2 Å². The maximum absolute atomic E-state index is 13.1. The Morgan fingerprint density at radius 3 is 2.25 bits per heavy atom. The van der Waals surface area contributed by atoms with Crippen LogP contribution in [0.4, 0.5) is 5.82 Å². The fourth-order valence-corrected chi connectivity index (χ4v) is 6.80. The number of benzene rings is 2. The van der Waals surface area contributed by atoms with E-state index >= 15 is 0 Å². The lowest BCUT2D eigenvalue weighted by atomic mass is 9.83. The van der Waals surface area contributed by atoms with Gasteiger partial charge in [0.2, 0.25) is 11.8 Å². The van der Waals surface area contributed by atoms with Crippen molar-refractivity contribution in [2.24, 2.45) is 17.6 Å².